The third-order valence-electron chi connectivity index (χ3n) is 5.29. The standard InChI is InChI=1S/C23H31ClFN5O.HI/c1-26-23(27-13-16-5-7-20(25)17(11-16)14-29(2)3)28-19-9-10-30(15-19)21-12-18(24)6-8-22(21)31-4;/h5-8,11-12,19H,9-10,13-15H2,1-4H3,(H2,26,27,28);1H. The highest BCUT2D eigenvalue weighted by Crippen LogP contribution is 2.33. The number of aliphatic imine (C=N–C) groups is 1. The number of nitrogens with zero attached hydrogens (tertiary/aromatic N) is 3. The van der Waals surface area contributed by atoms with Gasteiger partial charge in [-0.2, -0.15) is 0 Å². The highest BCUT2D eigenvalue weighted by molar-refractivity contribution is 14.0. The molecule has 176 valence electrons. The van der Waals surface area contributed by atoms with Crippen LogP contribution in [-0.4, -0.2) is 58.2 Å². The summed E-state index contributed by atoms with van der Waals surface area (Å²) in [6, 6.07) is 11.1. The fraction of sp³-hybridized carbons (Fsp3) is 0.435. The van der Waals surface area contributed by atoms with Crippen molar-refractivity contribution in [3.63, 3.8) is 0 Å². The molecule has 1 fully saturated rings. The quantitative estimate of drug-likeness (QED) is 0.296. The Morgan fingerprint density at radius 2 is 2.06 bits per heavy atom. The lowest BCUT2D eigenvalue weighted by Gasteiger charge is -2.22. The molecule has 0 aromatic heterocycles. The summed E-state index contributed by atoms with van der Waals surface area (Å²) < 4.78 is 19.5. The van der Waals surface area contributed by atoms with Crippen molar-refractivity contribution in [3.8, 4) is 5.75 Å². The van der Waals surface area contributed by atoms with E-state index in [1.165, 1.54) is 6.07 Å². The van der Waals surface area contributed by atoms with Crippen LogP contribution in [0.15, 0.2) is 41.4 Å². The molecule has 1 aliphatic rings. The Morgan fingerprint density at radius 3 is 2.75 bits per heavy atom. The largest absolute Gasteiger partial charge is 0.495 e. The number of halogens is 3. The van der Waals surface area contributed by atoms with E-state index >= 15 is 0 Å². The average Bonchev–Trinajstić information content (AvgIpc) is 3.21. The van der Waals surface area contributed by atoms with Crippen molar-refractivity contribution in [3.05, 3.63) is 58.4 Å². The molecule has 2 N–H and O–H groups in total. The minimum Gasteiger partial charge on any atom is -0.495 e. The first kappa shape index (κ1) is 26.5. The molecule has 1 aliphatic heterocycles. The van der Waals surface area contributed by atoms with Gasteiger partial charge in [0.1, 0.15) is 11.6 Å². The average molecular weight is 576 g/mol. The van der Waals surface area contributed by atoms with E-state index in [9.17, 15) is 4.39 Å². The molecule has 0 saturated carbocycles. The maximum atomic E-state index is 14.0. The van der Waals surface area contributed by atoms with Gasteiger partial charge in [-0.25, -0.2) is 4.39 Å². The van der Waals surface area contributed by atoms with E-state index in [0.29, 0.717) is 23.7 Å². The Labute approximate surface area is 212 Å². The lowest BCUT2D eigenvalue weighted by atomic mass is 10.1. The Hall–Kier alpha value is -1.78. The van der Waals surface area contributed by atoms with Gasteiger partial charge in [0.2, 0.25) is 0 Å². The minimum absolute atomic E-state index is 0. The molecule has 0 amide bonds. The van der Waals surface area contributed by atoms with Gasteiger partial charge in [0, 0.05) is 49.9 Å². The molecule has 1 unspecified atom stereocenters. The summed E-state index contributed by atoms with van der Waals surface area (Å²) in [5, 5.41) is 7.52. The third kappa shape index (κ3) is 7.11. The van der Waals surface area contributed by atoms with Crippen LogP contribution >= 0.6 is 35.6 Å². The zero-order chi connectivity index (χ0) is 22.4. The monoisotopic (exact) mass is 575 g/mol. The smallest absolute Gasteiger partial charge is 0.191 e. The van der Waals surface area contributed by atoms with Crippen LogP contribution in [0.2, 0.25) is 5.02 Å². The van der Waals surface area contributed by atoms with Gasteiger partial charge < -0.3 is 25.2 Å². The first-order valence-electron chi connectivity index (χ1n) is 10.4. The lowest BCUT2D eigenvalue weighted by molar-refractivity contribution is 0.392. The molecule has 6 nitrogen and oxygen atoms in total. The Morgan fingerprint density at radius 1 is 1.28 bits per heavy atom. The van der Waals surface area contributed by atoms with Crippen molar-refractivity contribution < 1.29 is 9.13 Å². The molecule has 0 radical (unpaired) electrons. The van der Waals surface area contributed by atoms with E-state index in [1.807, 2.05) is 43.3 Å². The summed E-state index contributed by atoms with van der Waals surface area (Å²) in [6.45, 7) is 2.86. The Bertz CT molecular complexity index is 927. The summed E-state index contributed by atoms with van der Waals surface area (Å²) >= 11 is 6.19. The predicted molar refractivity (Wildman–Crippen MR) is 141 cm³/mol. The Kier molecular flexibility index (Phi) is 10.3. The number of rotatable bonds is 7. The van der Waals surface area contributed by atoms with E-state index < -0.39 is 0 Å². The van der Waals surface area contributed by atoms with Crippen LogP contribution in [0.5, 0.6) is 5.75 Å². The molecule has 0 aliphatic carbocycles. The number of nitrogens with one attached hydrogen (secondary N) is 2. The van der Waals surface area contributed by atoms with Gasteiger partial charge in [0.05, 0.1) is 12.8 Å². The summed E-state index contributed by atoms with van der Waals surface area (Å²) in [5.74, 6) is 1.36. The van der Waals surface area contributed by atoms with E-state index in [1.54, 1.807) is 20.2 Å². The molecule has 2 aromatic rings. The van der Waals surface area contributed by atoms with Crippen LogP contribution < -0.4 is 20.3 Å². The van der Waals surface area contributed by atoms with E-state index in [4.69, 9.17) is 16.3 Å². The van der Waals surface area contributed by atoms with Gasteiger partial charge in [0.15, 0.2) is 5.96 Å². The van der Waals surface area contributed by atoms with Crippen molar-refractivity contribution in [2.45, 2.75) is 25.6 Å². The van der Waals surface area contributed by atoms with Crippen LogP contribution in [0.4, 0.5) is 10.1 Å². The molecule has 9 heteroatoms. The van der Waals surface area contributed by atoms with E-state index in [0.717, 1.165) is 42.5 Å². The van der Waals surface area contributed by atoms with Crippen LogP contribution in [-0.2, 0) is 13.1 Å². The molecular formula is C23H32ClFIN5O. The predicted octanol–water partition coefficient (Wildman–Crippen LogP) is 4.11. The molecule has 1 atom stereocenters. The summed E-state index contributed by atoms with van der Waals surface area (Å²) in [5.41, 5.74) is 2.70. The fourth-order valence-electron chi connectivity index (χ4n) is 3.78. The zero-order valence-electron chi connectivity index (χ0n) is 19.0. The molecule has 1 heterocycles. The molecule has 1 saturated heterocycles. The molecular weight excluding hydrogens is 544 g/mol. The van der Waals surface area contributed by atoms with Crippen LogP contribution in [0.3, 0.4) is 0 Å². The van der Waals surface area contributed by atoms with Crippen LogP contribution in [0.1, 0.15) is 17.5 Å². The number of hydrogen-bond acceptors (Lipinski definition) is 4. The van der Waals surface area contributed by atoms with Gasteiger partial charge in [0.25, 0.3) is 0 Å². The number of guanidine groups is 1. The number of anilines is 1. The SMILES string of the molecule is CN=C(NCc1ccc(F)c(CN(C)C)c1)NC1CCN(c2cc(Cl)ccc2OC)C1.I. The normalized spacial score (nSPS) is 16.2. The van der Waals surface area contributed by atoms with Crippen molar-refractivity contribution in [2.24, 2.45) is 4.99 Å². The van der Waals surface area contributed by atoms with Crippen molar-refractivity contribution in [2.75, 3.05) is 46.2 Å². The van der Waals surface area contributed by atoms with Crippen molar-refractivity contribution in [1.82, 2.24) is 15.5 Å². The van der Waals surface area contributed by atoms with Gasteiger partial charge in [-0.1, -0.05) is 17.7 Å². The van der Waals surface area contributed by atoms with Gasteiger partial charge >= 0.3 is 0 Å². The van der Waals surface area contributed by atoms with Crippen molar-refractivity contribution in [1.29, 1.82) is 0 Å². The first-order valence-corrected chi connectivity index (χ1v) is 10.7. The zero-order valence-corrected chi connectivity index (χ0v) is 22.1. The summed E-state index contributed by atoms with van der Waals surface area (Å²) in [4.78, 5) is 8.57. The molecule has 2 aromatic carbocycles. The second-order valence-electron chi connectivity index (χ2n) is 7.98. The van der Waals surface area contributed by atoms with Gasteiger partial charge in [-0.05, 0) is 56.4 Å². The van der Waals surface area contributed by atoms with Crippen molar-refractivity contribution >= 4 is 47.2 Å². The Balaban J connectivity index is 0.00000363. The van der Waals surface area contributed by atoms with E-state index in [2.05, 4.69) is 20.5 Å². The molecule has 0 bridgehead atoms. The second kappa shape index (κ2) is 12.5. The highest BCUT2D eigenvalue weighted by Gasteiger charge is 2.25. The number of hydrogen-bond donors (Lipinski definition) is 2. The number of benzene rings is 2. The number of ether oxygens (including phenoxy) is 1. The maximum absolute atomic E-state index is 14.0. The molecule has 0 spiro atoms. The van der Waals surface area contributed by atoms with Crippen LogP contribution in [0.25, 0.3) is 0 Å². The van der Waals surface area contributed by atoms with E-state index in [-0.39, 0.29) is 35.8 Å². The summed E-state index contributed by atoms with van der Waals surface area (Å²) in [7, 11) is 7.29. The van der Waals surface area contributed by atoms with Crippen LogP contribution in [0, 0.1) is 5.82 Å². The molecule has 32 heavy (non-hydrogen) atoms. The highest BCUT2D eigenvalue weighted by atomic mass is 127. The van der Waals surface area contributed by atoms with Gasteiger partial charge in [-0.15, -0.1) is 24.0 Å². The topological polar surface area (TPSA) is 52.1 Å². The first-order chi connectivity index (χ1) is 14.9. The fourth-order valence-corrected chi connectivity index (χ4v) is 3.95. The number of methoxy groups -OCH3 is 1. The lowest BCUT2D eigenvalue weighted by Crippen LogP contribution is -2.44. The third-order valence-corrected chi connectivity index (χ3v) is 5.53. The second-order valence-corrected chi connectivity index (χ2v) is 8.42. The van der Waals surface area contributed by atoms with Gasteiger partial charge in [-0.3, -0.25) is 4.99 Å². The minimum atomic E-state index is -0.178. The molecule has 3 rings (SSSR count). The maximum Gasteiger partial charge on any atom is 0.191 e. The summed E-state index contributed by atoms with van der Waals surface area (Å²) in [6.07, 6.45) is 0.972.